The first kappa shape index (κ1) is 13.0. The van der Waals surface area contributed by atoms with Crippen molar-refractivity contribution in [3.63, 3.8) is 0 Å². The van der Waals surface area contributed by atoms with E-state index in [4.69, 9.17) is 5.73 Å². The van der Waals surface area contributed by atoms with Crippen LogP contribution in [0.2, 0.25) is 0 Å². The molecular formula is C14H16N4O. The van der Waals surface area contributed by atoms with Crippen LogP contribution in [0.4, 0.5) is 16.2 Å². The molecule has 0 unspecified atom stereocenters. The van der Waals surface area contributed by atoms with Crippen molar-refractivity contribution in [3.8, 4) is 0 Å². The average Bonchev–Trinajstić information content (AvgIpc) is 2.42. The number of urea groups is 1. The molecule has 1 aromatic carbocycles. The highest BCUT2D eigenvalue weighted by Crippen LogP contribution is 2.10. The van der Waals surface area contributed by atoms with E-state index < -0.39 is 0 Å². The van der Waals surface area contributed by atoms with Crippen molar-refractivity contribution in [2.45, 2.75) is 13.5 Å². The molecule has 2 rings (SSSR count). The number of pyridine rings is 1. The Bertz CT molecular complexity index is 549. The summed E-state index contributed by atoms with van der Waals surface area (Å²) >= 11 is 0. The van der Waals surface area contributed by atoms with Gasteiger partial charge in [-0.2, -0.15) is 0 Å². The lowest BCUT2D eigenvalue weighted by Crippen LogP contribution is -2.19. The molecule has 0 aliphatic carbocycles. The van der Waals surface area contributed by atoms with Crippen LogP contribution < -0.4 is 16.4 Å². The molecule has 0 radical (unpaired) electrons. The molecule has 0 saturated heterocycles. The third-order valence-electron chi connectivity index (χ3n) is 2.62. The van der Waals surface area contributed by atoms with Crippen LogP contribution in [0.5, 0.6) is 0 Å². The molecule has 0 fully saturated rings. The van der Waals surface area contributed by atoms with Crippen LogP contribution in [0.25, 0.3) is 0 Å². The first-order valence-electron chi connectivity index (χ1n) is 5.97. The smallest absolute Gasteiger partial charge is 0.323 e. The van der Waals surface area contributed by atoms with E-state index in [1.54, 1.807) is 12.3 Å². The number of nitrogens with one attached hydrogen (secondary N) is 2. The summed E-state index contributed by atoms with van der Waals surface area (Å²) in [5.74, 6) is 0. The maximum absolute atomic E-state index is 11.7. The fraction of sp³-hybridized carbons (Fsp3) is 0.143. The van der Waals surface area contributed by atoms with Gasteiger partial charge in [-0.15, -0.1) is 0 Å². The number of amides is 2. The van der Waals surface area contributed by atoms with Gasteiger partial charge in [-0.1, -0.05) is 12.1 Å². The van der Waals surface area contributed by atoms with Crippen molar-refractivity contribution in [3.05, 3.63) is 53.9 Å². The Labute approximate surface area is 111 Å². The first-order chi connectivity index (χ1) is 9.17. The molecule has 1 heterocycles. The molecule has 2 amide bonds. The van der Waals surface area contributed by atoms with E-state index in [0.717, 1.165) is 16.9 Å². The third kappa shape index (κ3) is 3.79. The molecule has 0 aliphatic rings. The van der Waals surface area contributed by atoms with Gasteiger partial charge in [0.2, 0.25) is 0 Å². The Hall–Kier alpha value is -2.40. The minimum Gasteiger partial charge on any atom is -0.326 e. The Morgan fingerprint density at radius 2 is 1.74 bits per heavy atom. The van der Waals surface area contributed by atoms with Crippen LogP contribution in [0, 0.1) is 6.92 Å². The number of benzene rings is 1. The summed E-state index contributed by atoms with van der Waals surface area (Å²) in [6.07, 6.45) is 1.62. The Balaban J connectivity index is 1.95. The van der Waals surface area contributed by atoms with E-state index >= 15 is 0 Å². The van der Waals surface area contributed by atoms with Crippen LogP contribution in [0.1, 0.15) is 11.3 Å². The maximum atomic E-state index is 11.7. The molecule has 5 heteroatoms. The van der Waals surface area contributed by atoms with Crippen LogP contribution in [0.15, 0.2) is 42.6 Å². The number of nitrogens with two attached hydrogens (primary N) is 1. The summed E-state index contributed by atoms with van der Waals surface area (Å²) in [5, 5.41) is 5.45. The van der Waals surface area contributed by atoms with Gasteiger partial charge in [0, 0.05) is 17.9 Å². The maximum Gasteiger partial charge on any atom is 0.323 e. The largest absolute Gasteiger partial charge is 0.326 e. The predicted octanol–water partition coefficient (Wildman–Crippen LogP) is 2.49. The van der Waals surface area contributed by atoms with Gasteiger partial charge in [0.1, 0.15) is 0 Å². The normalized spacial score (nSPS) is 10.0. The van der Waals surface area contributed by atoms with Crippen molar-refractivity contribution < 1.29 is 4.79 Å². The number of hydrogen-bond donors (Lipinski definition) is 3. The van der Waals surface area contributed by atoms with Gasteiger partial charge in [0.05, 0.1) is 11.9 Å². The lowest BCUT2D eigenvalue weighted by Gasteiger charge is -2.08. The number of aryl methyl sites for hydroxylation is 1. The van der Waals surface area contributed by atoms with Crippen LogP contribution in [-0.2, 0) is 6.54 Å². The van der Waals surface area contributed by atoms with Gasteiger partial charge in [0.25, 0.3) is 0 Å². The lowest BCUT2D eigenvalue weighted by molar-refractivity contribution is 0.262. The lowest BCUT2D eigenvalue weighted by atomic mass is 10.2. The number of hydrogen-bond acceptors (Lipinski definition) is 3. The Morgan fingerprint density at radius 1 is 1.11 bits per heavy atom. The quantitative estimate of drug-likeness (QED) is 0.789. The fourth-order valence-corrected chi connectivity index (χ4v) is 1.56. The topological polar surface area (TPSA) is 80.0 Å². The van der Waals surface area contributed by atoms with Crippen LogP contribution >= 0.6 is 0 Å². The first-order valence-corrected chi connectivity index (χ1v) is 5.97. The Morgan fingerprint density at radius 3 is 2.32 bits per heavy atom. The summed E-state index contributed by atoms with van der Waals surface area (Å²) in [6, 6.07) is 10.7. The van der Waals surface area contributed by atoms with E-state index in [2.05, 4.69) is 15.6 Å². The van der Waals surface area contributed by atoms with Crippen molar-refractivity contribution in [2.75, 3.05) is 10.6 Å². The van der Waals surface area contributed by atoms with E-state index in [9.17, 15) is 4.79 Å². The van der Waals surface area contributed by atoms with Crippen molar-refractivity contribution in [1.29, 1.82) is 0 Å². The summed E-state index contributed by atoms with van der Waals surface area (Å²) in [7, 11) is 0. The average molecular weight is 256 g/mol. The molecule has 0 atom stereocenters. The molecule has 5 nitrogen and oxygen atoms in total. The summed E-state index contributed by atoms with van der Waals surface area (Å²) < 4.78 is 0. The standard InChI is InChI=1S/C14H16N4O/c1-10-2-5-13(9-16-10)18-14(19)17-12-6-3-11(8-15)4-7-12/h2-7,9H,8,15H2,1H3,(H2,17,18,19). The highest BCUT2D eigenvalue weighted by molar-refractivity contribution is 5.99. The Kier molecular flexibility index (Phi) is 4.10. The molecular weight excluding hydrogens is 240 g/mol. The number of anilines is 2. The predicted molar refractivity (Wildman–Crippen MR) is 75.9 cm³/mol. The summed E-state index contributed by atoms with van der Waals surface area (Å²) in [6.45, 7) is 2.38. The van der Waals surface area contributed by atoms with Gasteiger partial charge >= 0.3 is 6.03 Å². The number of rotatable bonds is 3. The van der Waals surface area contributed by atoms with E-state index in [1.165, 1.54) is 0 Å². The number of carbonyl (C=O) groups is 1. The molecule has 19 heavy (non-hydrogen) atoms. The molecule has 4 N–H and O–H groups in total. The number of nitrogens with zero attached hydrogens (tertiary/aromatic N) is 1. The van der Waals surface area contributed by atoms with Crippen LogP contribution in [-0.4, -0.2) is 11.0 Å². The van der Waals surface area contributed by atoms with Gasteiger partial charge < -0.3 is 16.4 Å². The van der Waals surface area contributed by atoms with Gasteiger partial charge in [0.15, 0.2) is 0 Å². The van der Waals surface area contributed by atoms with Crippen LogP contribution in [0.3, 0.4) is 0 Å². The molecule has 0 bridgehead atoms. The molecule has 98 valence electrons. The zero-order valence-electron chi connectivity index (χ0n) is 10.7. The number of aromatic nitrogens is 1. The number of carbonyl (C=O) groups excluding carboxylic acids is 1. The minimum atomic E-state index is -0.300. The second-order valence-corrected chi connectivity index (χ2v) is 4.17. The van der Waals surface area contributed by atoms with E-state index in [-0.39, 0.29) is 6.03 Å². The zero-order chi connectivity index (χ0) is 13.7. The molecule has 1 aromatic heterocycles. The fourth-order valence-electron chi connectivity index (χ4n) is 1.56. The highest BCUT2D eigenvalue weighted by atomic mass is 16.2. The monoisotopic (exact) mass is 256 g/mol. The van der Waals surface area contributed by atoms with Gasteiger partial charge in [-0.3, -0.25) is 4.98 Å². The molecule has 0 saturated carbocycles. The minimum absolute atomic E-state index is 0.300. The zero-order valence-corrected chi connectivity index (χ0v) is 10.7. The van der Waals surface area contributed by atoms with Crippen molar-refractivity contribution >= 4 is 17.4 Å². The summed E-state index contributed by atoms with van der Waals surface area (Å²) in [5.41, 5.74) is 8.81. The van der Waals surface area contributed by atoms with Gasteiger partial charge in [-0.25, -0.2) is 4.79 Å². The molecule has 2 aromatic rings. The van der Waals surface area contributed by atoms with Crippen molar-refractivity contribution in [1.82, 2.24) is 4.98 Å². The highest BCUT2D eigenvalue weighted by Gasteiger charge is 2.02. The second-order valence-electron chi connectivity index (χ2n) is 4.17. The van der Waals surface area contributed by atoms with Crippen molar-refractivity contribution in [2.24, 2.45) is 5.73 Å². The molecule has 0 spiro atoms. The second kappa shape index (κ2) is 5.97. The van der Waals surface area contributed by atoms with Gasteiger partial charge in [-0.05, 0) is 36.8 Å². The third-order valence-corrected chi connectivity index (χ3v) is 2.62. The van der Waals surface area contributed by atoms with E-state index in [1.807, 2.05) is 37.3 Å². The summed E-state index contributed by atoms with van der Waals surface area (Å²) in [4.78, 5) is 15.9. The van der Waals surface area contributed by atoms with E-state index in [0.29, 0.717) is 12.2 Å². The molecule has 0 aliphatic heterocycles. The SMILES string of the molecule is Cc1ccc(NC(=O)Nc2ccc(CN)cc2)cn1.